The Hall–Kier alpha value is -2.67. The summed E-state index contributed by atoms with van der Waals surface area (Å²) >= 11 is 0. The van der Waals surface area contributed by atoms with Crippen molar-refractivity contribution in [3.05, 3.63) is 46.2 Å². The lowest BCUT2D eigenvalue weighted by Crippen LogP contribution is -2.55. The van der Waals surface area contributed by atoms with E-state index in [1.165, 1.54) is 15.5 Å². The summed E-state index contributed by atoms with van der Waals surface area (Å²) in [6.07, 6.45) is 0. The summed E-state index contributed by atoms with van der Waals surface area (Å²) < 4.78 is 1.49. The lowest BCUT2D eigenvalue weighted by atomic mass is 10.1. The second-order valence-electron chi connectivity index (χ2n) is 5.57. The average molecular weight is 315 g/mol. The van der Waals surface area contributed by atoms with Crippen LogP contribution in [0.4, 0.5) is 0 Å². The Bertz CT molecular complexity index is 843. The number of carboxylic acid groups (broad SMARTS) is 1. The van der Waals surface area contributed by atoms with Crippen molar-refractivity contribution in [2.24, 2.45) is 7.05 Å². The molecular weight excluding hydrogens is 298 g/mol. The number of nitrogens with one attached hydrogen (secondary N) is 1. The second kappa shape index (κ2) is 5.85. The van der Waals surface area contributed by atoms with Crippen molar-refractivity contribution in [2.75, 3.05) is 19.6 Å². The van der Waals surface area contributed by atoms with Gasteiger partial charge >= 0.3 is 5.97 Å². The van der Waals surface area contributed by atoms with Crippen molar-refractivity contribution in [2.45, 2.75) is 6.04 Å². The Balaban J connectivity index is 2.03. The number of aromatic nitrogens is 1. The first kappa shape index (κ1) is 15.2. The lowest BCUT2D eigenvalue weighted by molar-refractivity contribution is -0.140. The number of carboxylic acids is 1. The number of rotatable bonds is 2. The van der Waals surface area contributed by atoms with Gasteiger partial charge in [0.2, 0.25) is 0 Å². The van der Waals surface area contributed by atoms with Crippen molar-refractivity contribution in [1.82, 2.24) is 14.8 Å². The predicted octanol–water partition coefficient (Wildman–Crippen LogP) is 0.0371. The molecule has 0 unspecified atom stereocenters. The van der Waals surface area contributed by atoms with Gasteiger partial charge in [-0.2, -0.15) is 0 Å². The number of fused-ring (bicyclic) bond motifs is 1. The number of benzene rings is 1. The van der Waals surface area contributed by atoms with Crippen molar-refractivity contribution in [3.63, 3.8) is 0 Å². The minimum Gasteiger partial charge on any atom is -0.480 e. The average Bonchev–Trinajstić information content (AvgIpc) is 2.57. The Morgan fingerprint density at radius 1 is 1.30 bits per heavy atom. The largest absolute Gasteiger partial charge is 0.480 e. The van der Waals surface area contributed by atoms with Crippen molar-refractivity contribution in [1.29, 1.82) is 0 Å². The van der Waals surface area contributed by atoms with Gasteiger partial charge in [-0.15, -0.1) is 0 Å². The van der Waals surface area contributed by atoms with E-state index in [0.29, 0.717) is 29.6 Å². The standard InChI is InChI=1S/C16H17N3O4/c1-18-13-5-3-2-4-10(13)11(8-14(18)20)15(21)19-7-6-17-12(9-19)16(22)23/h2-5,8,12,17H,6-7,9H2,1H3,(H,22,23)/t12-/m1/s1. The molecule has 1 saturated heterocycles. The van der Waals surface area contributed by atoms with Gasteiger partial charge in [0.15, 0.2) is 0 Å². The Morgan fingerprint density at radius 3 is 2.78 bits per heavy atom. The molecule has 1 aromatic carbocycles. The number of piperazine rings is 1. The van der Waals surface area contributed by atoms with E-state index in [1.54, 1.807) is 31.3 Å². The van der Waals surface area contributed by atoms with Crippen LogP contribution in [0.15, 0.2) is 35.1 Å². The van der Waals surface area contributed by atoms with Crippen molar-refractivity contribution >= 4 is 22.8 Å². The molecule has 1 aromatic heterocycles. The summed E-state index contributed by atoms with van der Waals surface area (Å²) in [6.45, 7) is 0.898. The molecule has 23 heavy (non-hydrogen) atoms. The highest BCUT2D eigenvalue weighted by atomic mass is 16.4. The maximum atomic E-state index is 12.8. The molecule has 1 amide bonds. The SMILES string of the molecule is Cn1c(=O)cc(C(=O)N2CCN[C@@H](C(=O)O)C2)c2ccccc21. The van der Waals surface area contributed by atoms with E-state index < -0.39 is 12.0 Å². The van der Waals surface area contributed by atoms with Crippen LogP contribution in [-0.4, -0.2) is 52.1 Å². The van der Waals surface area contributed by atoms with E-state index in [2.05, 4.69) is 5.32 Å². The van der Waals surface area contributed by atoms with E-state index in [9.17, 15) is 14.4 Å². The molecule has 0 spiro atoms. The summed E-state index contributed by atoms with van der Waals surface area (Å²) in [4.78, 5) is 37.5. The Morgan fingerprint density at radius 2 is 2.04 bits per heavy atom. The molecule has 2 N–H and O–H groups in total. The Labute approximate surface area is 132 Å². The van der Waals surface area contributed by atoms with Crippen LogP contribution < -0.4 is 10.9 Å². The van der Waals surface area contributed by atoms with Gasteiger partial charge in [-0.1, -0.05) is 18.2 Å². The lowest BCUT2D eigenvalue weighted by Gasteiger charge is -2.31. The van der Waals surface area contributed by atoms with E-state index >= 15 is 0 Å². The zero-order chi connectivity index (χ0) is 16.6. The first-order valence-electron chi connectivity index (χ1n) is 7.33. The van der Waals surface area contributed by atoms with Crippen LogP contribution in [0.5, 0.6) is 0 Å². The predicted molar refractivity (Wildman–Crippen MR) is 84.5 cm³/mol. The molecule has 0 aliphatic carbocycles. The van der Waals surface area contributed by atoms with Crippen LogP contribution in [0, 0.1) is 0 Å². The van der Waals surface area contributed by atoms with Gasteiger partial charge in [0, 0.05) is 38.1 Å². The van der Waals surface area contributed by atoms with Gasteiger partial charge in [-0.25, -0.2) is 0 Å². The third-order valence-electron chi connectivity index (χ3n) is 4.15. The number of pyridine rings is 1. The molecule has 0 radical (unpaired) electrons. The van der Waals surface area contributed by atoms with E-state index in [4.69, 9.17) is 5.11 Å². The fraction of sp³-hybridized carbons (Fsp3) is 0.312. The third-order valence-corrected chi connectivity index (χ3v) is 4.15. The molecule has 2 heterocycles. The number of hydrogen-bond donors (Lipinski definition) is 2. The molecular formula is C16H17N3O4. The van der Waals surface area contributed by atoms with Gasteiger partial charge < -0.3 is 19.9 Å². The van der Waals surface area contributed by atoms with E-state index in [1.807, 2.05) is 0 Å². The number of amides is 1. The van der Waals surface area contributed by atoms with Crippen LogP contribution in [-0.2, 0) is 11.8 Å². The van der Waals surface area contributed by atoms with Crippen LogP contribution in [0.3, 0.4) is 0 Å². The summed E-state index contributed by atoms with van der Waals surface area (Å²) in [5.41, 5.74) is 0.722. The summed E-state index contributed by atoms with van der Waals surface area (Å²) in [7, 11) is 1.66. The van der Waals surface area contributed by atoms with Gasteiger partial charge in [0.05, 0.1) is 11.1 Å². The molecule has 1 atom stereocenters. The molecule has 0 saturated carbocycles. The number of para-hydroxylation sites is 1. The molecule has 120 valence electrons. The Kier molecular flexibility index (Phi) is 3.87. The first-order chi connectivity index (χ1) is 11.0. The van der Waals surface area contributed by atoms with Gasteiger partial charge in [0.1, 0.15) is 6.04 Å². The normalized spacial score (nSPS) is 18.1. The fourth-order valence-corrected chi connectivity index (χ4v) is 2.86. The van der Waals surface area contributed by atoms with Crippen LogP contribution in [0.1, 0.15) is 10.4 Å². The zero-order valence-electron chi connectivity index (χ0n) is 12.7. The number of carbonyl (C=O) groups excluding carboxylic acids is 1. The van der Waals surface area contributed by atoms with Gasteiger partial charge in [0.25, 0.3) is 11.5 Å². The molecule has 7 nitrogen and oxygen atoms in total. The topological polar surface area (TPSA) is 91.6 Å². The van der Waals surface area contributed by atoms with E-state index in [-0.39, 0.29) is 18.0 Å². The fourth-order valence-electron chi connectivity index (χ4n) is 2.86. The highest BCUT2D eigenvalue weighted by Crippen LogP contribution is 2.18. The molecule has 7 heteroatoms. The number of nitrogens with zero attached hydrogens (tertiary/aromatic N) is 2. The second-order valence-corrected chi connectivity index (χ2v) is 5.57. The van der Waals surface area contributed by atoms with Gasteiger partial charge in [-0.05, 0) is 6.07 Å². The molecule has 1 aliphatic heterocycles. The molecule has 1 fully saturated rings. The number of carbonyl (C=O) groups is 2. The van der Waals surface area contributed by atoms with Crippen LogP contribution in [0.2, 0.25) is 0 Å². The minimum atomic E-state index is -0.990. The smallest absolute Gasteiger partial charge is 0.322 e. The van der Waals surface area contributed by atoms with Crippen LogP contribution in [0.25, 0.3) is 10.9 Å². The first-order valence-corrected chi connectivity index (χ1v) is 7.33. The van der Waals surface area contributed by atoms with Crippen LogP contribution >= 0.6 is 0 Å². The van der Waals surface area contributed by atoms with E-state index in [0.717, 1.165) is 0 Å². The maximum absolute atomic E-state index is 12.8. The zero-order valence-corrected chi connectivity index (χ0v) is 12.7. The number of aryl methyl sites for hydroxylation is 1. The number of aliphatic carboxylic acids is 1. The molecule has 1 aliphatic rings. The number of hydrogen-bond acceptors (Lipinski definition) is 4. The highest BCUT2D eigenvalue weighted by Gasteiger charge is 2.29. The molecule has 3 rings (SSSR count). The summed E-state index contributed by atoms with van der Waals surface area (Å²) in [5, 5.41) is 12.6. The minimum absolute atomic E-state index is 0.0811. The summed E-state index contributed by atoms with van der Waals surface area (Å²) in [6, 6.07) is 7.72. The summed E-state index contributed by atoms with van der Waals surface area (Å²) in [5.74, 6) is -1.30. The maximum Gasteiger partial charge on any atom is 0.322 e. The van der Waals surface area contributed by atoms with Crippen molar-refractivity contribution < 1.29 is 14.7 Å². The monoisotopic (exact) mass is 315 g/mol. The molecule has 0 bridgehead atoms. The quantitative estimate of drug-likeness (QED) is 0.816. The van der Waals surface area contributed by atoms with Crippen molar-refractivity contribution in [3.8, 4) is 0 Å². The highest BCUT2D eigenvalue weighted by molar-refractivity contribution is 6.06. The third kappa shape index (κ3) is 2.70. The van der Waals surface area contributed by atoms with Gasteiger partial charge in [-0.3, -0.25) is 14.4 Å². The molecule has 2 aromatic rings.